The number of fused-ring (bicyclic) bond motifs is 3. The van der Waals surface area contributed by atoms with Gasteiger partial charge >= 0.3 is 0 Å². The monoisotopic (exact) mass is 564 g/mol. The topological polar surface area (TPSA) is 71.3 Å². The standard InChI is InChI=1S/C30H29ClN2O5S/c1-4-36-26-17-21(18-27-29(34)33-25-8-6-5-7-24(25)32-30(33)39-27)16-23(31)28(26)38-14-12-35-11-13-37-22-10-9-19(2)20(3)15-22/h5-10,15-18H,4,11-14H2,1-3H3/b27-18-. The largest absolute Gasteiger partial charge is 0.491 e. The fourth-order valence-electron chi connectivity index (χ4n) is 4.16. The Morgan fingerprint density at radius 3 is 2.54 bits per heavy atom. The number of rotatable bonds is 11. The van der Waals surface area contributed by atoms with Crippen LogP contribution in [0, 0.1) is 13.8 Å². The minimum atomic E-state index is -0.114. The van der Waals surface area contributed by atoms with Crippen LogP contribution in [0.25, 0.3) is 22.1 Å². The molecule has 0 spiro atoms. The predicted molar refractivity (Wildman–Crippen MR) is 156 cm³/mol. The fourth-order valence-corrected chi connectivity index (χ4v) is 5.43. The lowest BCUT2D eigenvalue weighted by atomic mass is 10.1. The molecule has 3 aromatic carbocycles. The number of halogens is 1. The highest BCUT2D eigenvalue weighted by atomic mass is 35.5. The quantitative estimate of drug-likeness (QED) is 0.194. The van der Waals surface area contributed by atoms with Gasteiger partial charge < -0.3 is 18.9 Å². The van der Waals surface area contributed by atoms with Gasteiger partial charge in [0.1, 0.15) is 19.0 Å². The van der Waals surface area contributed by atoms with Gasteiger partial charge in [0, 0.05) is 0 Å². The minimum Gasteiger partial charge on any atom is -0.491 e. The molecule has 0 aliphatic heterocycles. The van der Waals surface area contributed by atoms with Crippen LogP contribution in [0.3, 0.4) is 0 Å². The van der Waals surface area contributed by atoms with Crippen molar-refractivity contribution in [1.82, 2.24) is 9.38 Å². The van der Waals surface area contributed by atoms with Crippen molar-refractivity contribution < 1.29 is 18.9 Å². The third-order valence-corrected chi connectivity index (χ3v) is 7.47. The average molecular weight is 565 g/mol. The molecular weight excluding hydrogens is 536 g/mol. The first kappa shape index (κ1) is 27.0. The second kappa shape index (κ2) is 12.1. The highest BCUT2D eigenvalue weighted by Crippen LogP contribution is 2.37. The Kier molecular flexibility index (Phi) is 8.35. The maximum absolute atomic E-state index is 13.1. The molecule has 9 heteroatoms. The number of aryl methyl sites for hydroxylation is 2. The Hall–Kier alpha value is -3.59. The van der Waals surface area contributed by atoms with Crippen LogP contribution in [0.1, 0.15) is 23.6 Å². The van der Waals surface area contributed by atoms with Gasteiger partial charge in [-0.2, -0.15) is 0 Å². The van der Waals surface area contributed by atoms with E-state index < -0.39 is 0 Å². The van der Waals surface area contributed by atoms with Crippen molar-refractivity contribution in [2.75, 3.05) is 33.0 Å². The molecule has 0 aliphatic rings. The number of para-hydroxylation sites is 2. The van der Waals surface area contributed by atoms with Crippen LogP contribution in [-0.2, 0) is 4.74 Å². The first-order valence-corrected chi connectivity index (χ1v) is 13.9. The zero-order valence-electron chi connectivity index (χ0n) is 22.0. The summed E-state index contributed by atoms with van der Waals surface area (Å²) in [4.78, 5) is 18.3. The molecule has 0 radical (unpaired) electrons. The number of hydrogen-bond acceptors (Lipinski definition) is 7. The van der Waals surface area contributed by atoms with E-state index in [1.165, 1.54) is 22.5 Å². The van der Waals surface area contributed by atoms with Crippen LogP contribution < -0.4 is 24.3 Å². The van der Waals surface area contributed by atoms with E-state index in [9.17, 15) is 4.79 Å². The Bertz CT molecular complexity index is 1730. The Balaban J connectivity index is 1.23. The summed E-state index contributed by atoms with van der Waals surface area (Å²) in [7, 11) is 0. The SMILES string of the molecule is CCOc1cc(/C=c2\sc3nc4ccccc4n3c2=O)cc(Cl)c1OCCOCCOc1ccc(C)c(C)c1. The second-order valence-electron chi connectivity index (χ2n) is 8.95. The van der Waals surface area contributed by atoms with Crippen molar-refractivity contribution in [3.05, 3.63) is 91.2 Å². The number of ether oxygens (including phenoxy) is 4. The van der Waals surface area contributed by atoms with Gasteiger partial charge in [-0.1, -0.05) is 41.1 Å². The van der Waals surface area contributed by atoms with E-state index in [1.807, 2.05) is 55.5 Å². The summed E-state index contributed by atoms with van der Waals surface area (Å²) in [5.41, 5.74) is 4.65. The van der Waals surface area contributed by atoms with Gasteiger partial charge in [-0.05, 0) is 79.9 Å². The summed E-state index contributed by atoms with van der Waals surface area (Å²) >= 11 is 7.93. The molecule has 0 bridgehead atoms. The third-order valence-electron chi connectivity index (χ3n) is 6.22. The van der Waals surface area contributed by atoms with Crippen molar-refractivity contribution in [3.63, 3.8) is 0 Å². The zero-order valence-corrected chi connectivity index (χ0v) is 23.6. The van der Waals surface area contributed by atoms with Crippen LogP contribution in [0.5, 0.6) is 17.2 Å². The van der Waals surface area contributed by atoms with Gasteiger partial charge in [0.05, 0.1) is 40.4 Å². The summed E-state index contributed by atoms with van der Waals surface area (Å²) in [5.74, 6) is 1.78. The van der Waals surface area contributed by atoms with E-state index in [4.69, 9.17) is 30.5 Å². The van der Waals surface area contributed by atoms with Gasteiger partial charge in [-0.15, -0.1) is 0 Å². The number of thiazole rings is 1. The molecular formula is C30H29ClN2O5S. The van der Waals surface area contributed by atoms with Crippen molar-refractivity contribution in [2.24, 2.45) is 0 Å². The third kappa shape index (κ3) is 6.03. The predicted octanol–water partition coefficient (Wildman–Crippen LogP) is 5.60. The van der Waals surface area contributed by atoms with Gasteiger partial charge in [0.25, 0.3) is 5.56 Å². The van der Waals surface area contributed by atoms with Gasteiger partial charge in [0.15, 0.2) is 16.5 Å². The highest BCUT2D eigenvalue weighted by molar-refractivity contribution is 7.15. The summed E-state index contributed by atoms with van der Waals surface area (Å²) in [6, 6.07) is 17.2. The summed E-state index contributed by atoms with van der Waals surface area (Å²) in [6.07, 6.45) is 1.80. The van der Waals surface area contributed by atoms with E-state index in [1.54, 1.807) is 16.5 Å². The maximum atomic E-state index is 13.1. The molecule has 0 saturated heterocycles. The molecule has 2 aromatic heterocycles. The molecule has 0 amide bonds. The van der Waals surface area contributed by atoms with Crippen molar-refractivity contribution in [1.29, 1.82) is 0 Å². The van der Waals surface area contributed by atoms with E-state index >= 15 is 0 Å². The van der Waals surface area contributed by atoms with E-state index in [0.29, 0.717) is 59.0 Å². The molecule has 5 aromatic rings. The number of hydrogen-bond donors (Lipinski definition) is 0. The van der Waals surface area contributed by atoms with E-state index in [0.717, 1.165) is 22.3 Å². The molecule has 0 unspecified atom stereocenters. The Morgan fingerprint density at radius 2 is 1.74 bits per heavy atom. The van der Waals surface area contributed by atoms with Crippen molar-refractivity contribution >= 4 is 45.0 Å². The van der Waals surface area contributed by atoms with Crippen molar-refractivity contribution in [2.45, 2.75) is 20.8 Å². The molecule has 202 valence electrons. The number of imidazole rings is 1. The van der Waals surface area contributed by atoms with E-state index in [2.05, 4.69) is 18.8 Å². The molecule has 0 aliphatic carbocycles. The molecule has 2 heterocycles. The van der Waals surface area contributed by atoms with E-state index in [-0.39, 0.29) is 5.56 Å². The lowest BCUT2D eigenvalue weighted by Crippen LogP contribution is -2.22. The number of nitrogens with zero attached hydrogens (tertiary/aromatic N) is 2. The molecule has 0 saturated carbocycles. The van der Waals surface area contributed by atoms with Crippen LogP contribution in [-0.4, -0.2) is 42.4 Å². The first-order chi connectivity index (χ1) is 18.9. The second-order valence-corrected chi connectivity index (χ2v) is 10.4. The first-order valence-electron chi connectivity index (χ1n) is 12.7. The molecule has 0 atom stereocenters. The van der Waals surface area contributed by atoms with Crippen LogP contribution in [0.15, 0.2) is 59.4 Å². The van der Waals surface area contributed by atoms with Gasteiger partial charge in [0.2, 0.25) is 0 Å². The van der Waals surface area contributed by atoms with Crippen molar-refractivity contribution in [3.8, 4) is 17.2 Å². The lowest BCUT2D eigenvalue weighted by Gasteiger charge is -2.14. The maximum Gasteiger partial charge on any atom is 0.274 e. The zero-order chi connectivity index (χ0) is 27.4. The summed E-state index contributed by atoms with van der Waals surface area (Å²) < 4.78 is 25.3. The highest BCUT2D eigenvalue weighted by Gasteiger charge is 2.14. The normalized spacial score (nSPS) is 11.9. The van der Waals surface area contributed by atoms with Gasteiger partial charge in [-0.25, -0.2) is 9.38 Å². The van der Waals surface area contributed by atoms with Crippen LogP contribution >= 0.6 is 22.9 Å². The smallest absolute Gasteiger partial charge is 0.274 e. The number of aromatic nitrogens is 2. The molecule has 7 nitrogen and oxygen atoms in total. The molecule has 5 rings (SSSR count). The van der Waals surface area contributed by atoms with Crippen LogP contribution in [0.2, 0.25) is 5.02 Å². The summed E-state index contributed by atoms with van der Waals surface area (Å²) in [5, 5.41) is 0.393. The average Bonchev–Trinajstić information content (AvgIpc) is 3.42. The summed E-state index contributed by atoms with van der Waals surface area (Å²) in [6.45, 7) is 8.02. The fraction of sp³-hybridized carbons (Fsp3) is 0.267. The molecule has 39 heavy (non-hydrogen) atoms. The minimum absolute atomic E-state index is 0.114. The Morgan fingerprint density at radius 1 is 0.949 bits per heavy atom. The molecule has 0 fully saturated rings. The Labute approximate surface area is 235 Å². The number of benzene rings is 3. The van der Waals surface area contributed by atoms with Crippen LogP contribution in [0.4, 0.5) is 0 Å². The molecule has 0 N–H and O–H groups in total. The lowest BCUT2D eigenvalue weighted by molar-refractivity contribution is 0.0755. The van der Waals surface area contributed by atoms with Gasteiger partial charge in [-0.3, -0.25) is 4.79 Å².